The lowest BCUT2D eigenvalue weighted by Crippen LogP contribution is -2.14. The molecule has 5 aromatic rings. The van der Waals surface area contributed by atoms with Crippen LogP contribution in [0.25, 0.3) is 22.4 Å². The first kappa shape index (κ1) is 17.8. The Morgan fingerprint density at radius 2 is 1.86 bits per heavy atom. The maximum atomic E-state index is 6.35. The summed E-state index contributed by atoms with van der Waals surface area (Å²) in [6.45, 7) is 5.95. The van der Waals surface area contributed by atoms with Gasteiger partial charge >= 0.3 is 0 Å². The van der Waals surface area contributed by atoms with Crippen LogP contribution in [-0.2, 0) is 0 Å². The van der Waals surface area contributed by atoms with Crippen LogP contribution in [0.5, 0.6) is 0 Å². The van der Waals surface area contributed by atoms with Gasteiger partial charge in [0.05, 0.1) is 33.7 Å². The second kappa shape index (κ2) is 6.66. The molecule has 0 aliphatic heterocycles. The Hall–Kier alpha value is -3.26. The molecule has 0 fully saturated rings. The number of hydrogen-bond donors (Lipinski definition) is 0. The number of fused-ring (bicyclic) bond motifs is 3. The molecule has 1 aromatic carbocycles. The molecule has 0 saturated carbocycles. The molecule has 0 spiro atoms. The largest absolute Gasteiger partial charge is 0.257 e. The van der Waals surface area contributed by atoms with Gasteiger partial charge in [-0.2, -0.15) is 10.2 Å². The van der Waals surface area contributed by atoms with E-state index in [2.05, 4.69) is 27.2 Å². The fourth-order valence-corrected chi connectivity index (χ4v) is 3.77. The highest BCUT2D eigenvalue weighted by Crippen LogP contribution is 2.28. The number of halogens is 1. The van der Waals surface area contributed by atoms with Crippen LogP contribution in [0.15, 0.2) is 42.9 Å². The van der Waals surface area contributed by atoms with Crippen LogP contribution >= 0.6 is 11.6 Å². The highest BCUT2D eigenvalue weighted by Gasteiger charge is 2.23. The van der Waals surface area contributed by atoms with E-state index in [1.807, 2.05) is 53.5 Å². The molecule has 0 radical (unpaired) electrons. The number of benzene rings is 1. The first-order valence-electron chi connectivity index (χ1n) is 9.44. The lowest BCUT2D eigenvalue weighted by atomic mass is 10.2. The zero-order valence-electron chi connectivity index (χ0n) is 16.3. The van der Waals surface area contributed by atoms with Crippen LogP contribution in [0, 0.1) is 13.8 Å². The minimum Gasteiger partial charge on any atom is -0.257 e. The third kappa shape index (κ3) is 2.71. The highest BCUT2D eigenvalue weighted by molar-refractivity contribution is 6.31. The van der Waals surface area contributed by atoms with Crippen molar-refractivity contribution >= 4 is 28.3 Å². The zero-order chi connectivity index (χ0) is 20.1. The van der Waals surface area contributed by atoms with E-state index in [4.69, 9.17) is 16.6 Å². The normalized spacial score (nSPS) is 12.8. The number of rotatable bonds is 4. The van der Waals surface area contributed by atoms with Gasteiger partial charge in [-0.25, -0.2) is 19.2 Å². The van der Waals surface area contributed by atoms with Crippen molar-refractivity contribution in [2.45, 2.75) is 33.2 Å². The fraction of sp³-hybridized carbons (Fsp3) is 0.250. The van der Waals surface area contributed by atoms with Crippen LogP contribution in [0.4, 0.5) is 0 Å². The third-order valence-corrected chi connectivity index (χ3v) is 5.69. The van der Waals surface area contributed by atoms with Gasteiger partial charge in [-0.3, -0.25) is 4.68 Å². The molecule has 0 bridgehead atoms. The molecule has 146 valence electrons. The first-order chi connectivity index (χ1) is 14.1. The van der Waals surface area contributed by atoms with E-state index in [1.165, 1.54) is 0 Å². The van der Waals surface area contributed by atoms with Gasteiger partial charge in [-0.1, -0.05) is 36.7 Å². The fourth-order valence-electron chi connectivity index (χ4n) is 3.65. The molecule has 1 atom stereocenters. The zero-order valence-corrected chi connectivity index (χ0v) is 17.0. The molecule has 0 unspecified atom stereocenters. The van der Waals surface area contributed by atoms with Crippen LogP contribution < -0.4 is 0 Å². The van der Waals surface area contributed by atoms with E-state index in [0.29, 0.717) is 10.8 Å². The molecule has 0 N–H and O–H groups in total. The second-order valence-electron chi connectivity index (χ2n) is 6.97. The Bertz CT molecular complexity index is 1330. The van der Waals surface area contributed by atoms with Crippen molar-refractivity contribution in [2.24, 2.45) is 0 Å². The highest BCUT2D eigenvalue weighted by atomic mass is 35.5. The molecule has 0 amide bonds. The summed E-state index contributed by atoms with van der Waals surface area (Å²) >= 11 is 6.35. The van der Waals surface area contributed by atoms with Gasteiger partial charge in [0, 0.05) is 0 Å². The van der Waals surface area contributed by atoms with E-state index in [1.54, 1.807) is 17.0 Å². The van der Waals surface area contributed by atoms with Gasteiger partial charge < -0.3 is 0 Å². The van der Waals surface area contributed by atoms with Crippen molar-refractivity contribution in [1.29, 1.82) is 0 Å². The summed E-state index contributed by atoms with van der Waals surface area (Å²) in [6.07, 6.45) is 4.25. The van der Waals surface area contributed by atoms with Gasteiger partial charge in [-0.05, 0) is 32.4 Å². The van der Waals surface area contributed by atoms with E-state index >= 15 is 0 Å². The molecular weight excluding hydrogens is 388 g/mol. The van der Waals surface area contributed by atoms with Crippen LogP contribution in [0.1, 0.15) is 36.6 Å². The minimum atomic E-state index is -0.111. The van der Waals surface area contributed by atoms with E-state index < -0.39 is 0 Å². The molecule has 0 aliphatic rings. The van der Waals surface area contributed by atoms with E-state index in [9.17, 15) is 0 Å². The molecule has 9 heteroatoms. The number of hydrogen-bond acceptors (Lipinski definition) is 5. The van der Waals surface area contributed by atoms with Gasteiger partial charge in [0.2, 0.25) is 0 Å². The minimum absolute atomic E-state index is 0.111. The SMILES string of the molecule is CC[C@@H](c1nc2c3cnn(-c4ccccc4)c3ncn2n1)n1nc(C)c(Cl)c1C. The smallest absolute Gasteiger partial charge is 0.176 e. The summed E-state index contributed by atoms with van der Waals surface area (Å²) in [5.74, 6) is 0.677. The topological polar surface area (TPSA) is 78.7 Å². The van der Waals surface area contributed by atoms with Gasteiger partial charge in [0.1, 0.15) is 12.4 Å². The van der Waals surface area contributed by atoms with Gasteiger partial charge in [0.25, 0.3) is 0 Å². The Labute approximate surface area is 171 Å². The maximum absolute atomic E-state index is 6.35. The lowest BCUT2D eigenvalue weighted by molar-refractivity contribution is 0.472. The molecule has 4 heterocycles. The molecule has 5 rings (SSSR count). The Kier molecular flexibility index (Phi) is 4.09. The molecule has 4 aromatic heterocycles. The van der Waals surface area contributed by atoms with Crippen molar-refractivity contribution in [2.75, 3.05) is 0 Å². The first-order valence-corrected chi connectivity index (χ1v) is 9.82. The average molecular weight is 407 g/mol. The summed E-state index contributed by atoms with van der Waals surface area (Å²) in [6, 6.07) is 9.80. The van der Waals surface area contributed by atoms with Crippen molar-refractivity contribution < 1.29 is 0 Å². The lowest BCUT2D eigenvalue weighted by Gasteiger charge is -2.13. The third-order valence-electron chi connectivity index (χ3n) is 5.14. The molecule has 8 nitrogen and oxygen atoms in total. The predicted octanol–water partition coefficient (Wildman–Crippen LogP) is 3.93. The van der Waals surface area contributed by atoms with Crippen LogP contribution in [-0.4, -0.2) is 39.1 Å². The number of aryl methyl sites for hydroxylation is 1. The molecule has 29 heavy (non-hydrogen) atoms. The van der Waals surface area contributed by atoms with Gasteiger partial charge in [-0.15, -0.1) is 5.10 Å². The Morgan fingerprint density at radius 1 is 1.07 bits per heavy atom. The summed E-state index contributed by atoms with van der Waals surface area (Å²) in [5, 5.41) is 15.3. The van der Waals surface area contributed by atoms with Crippen molar-refractivity contribution in [3.63, 3.8) is 0 Å². The molecule has 0 saturated heterocycles. The Balaban J connectivity index is 1.66. The quantitative estimate of drug-likeness (QED) is 0.452. The number of aromatic nitrogens is 8. The Morgan fingerprint density at radius 3 is 2.55 bits per heavy atom. The van der Waals surface area contributed by atoms with Gasteiger partial charge in [0.15, 0.2) is 17.1 Å². The van der Waals surface area contributed by atoms with Crippen molar-refractivity contribution in [1.82, 2.24) is 39.1 Å². The monoisotopic (exact) mass is 406 g/mol. The number of nitrogens with zero attached hydrogens (tertiary/aromatic N) is 8. The van der Waals surface area contributed by atoms with Crippen LogP contribution in [0.3, 0.4) is 0 Å². The summed E-state index contributed by atoms with van der Waals surface area (Å²) in [5.41, 5.74) is 4.13. The summed E-state index contributed by atoms with van der Waals surface area (Å²) in [7, 11) is 0. The average Bonchev–Trinajstić information content (AvgIpc) is 3.42. The molecular formula is C20H19ClN8. The van der Waals surface area contributed by atoms with Crippen molar-refractivity contribution in [3.8, 4) is 5.69 Å². The maximum Gasteiger partial charge on any atom is 0.176 e. The van der Waals surface area contributed by atoms with Crippen molar-refractivity contribution in [3.05, 3.63) is 65.1 Å². The second-order valence-corrected chi connectivity index (χ2v) is 7.34. The standard InChI is InChI=1S/C20H19ClN8/c1-4-16(28-13(3)17(21)12(2)25-28)18-24-20-15-10-23-29(14-8-6-5-7-9-14)19(15)22-11-27(20)26-18/h5-11,16H,4H2,1-3H3/t16-/m0/s1. The summed E-state index contributed by atoms with van der Waals surface area (Å²) < 4.78 is 5.41. The summed E-state index contributed by atoms with van der Waals surface area (Å²) in [4.78, 5) is 9.40. The van der Waals surface area contributed by atoms with Crippen LogP contribution in [0.2, 0.25) is 5.02 Å². The van der Waals surface area contributed by atoms with E-state index in [0.717, 1.165) is 40.2 Å². The molecule has 0 aliphatic carbocycles. The van der Waals surface area contributed by atoms with E-state index in [-0.39, 0.29) is 6.04 Å². The predicted molar refractivity (Wildman–Crippen MR) is 111 cm³/mol. The number of para-hydroxylation sites is 1.